The van der Waals surface area contributed by atoms with Crippen LogP contribution in [0.25, 0.3) is 0 Å². The maximum Gasteiger partial charge on any atom is 0.150 e. The molecular formula is C15H23NO2S. The SMILES string of the molecule is Cc1ccc(NC2CCCC(S(C)(=O)=O)C2)c(C)c1. The van der Waals surface area contributed by atoms with Gasteiger partial charge in [-0.25, -0.2) is 8.42 Å². The Hall–Kier alpha value is -1.03. The van der Waals surface area contributed by atoms with Gasteiger partial charge in [0.05, 0.1) is 5.25 Å². The Balaban J connectivity index is 2.07. The van der Waals surface area contributed by atoms with E-state index in [1.54, 1.807) is 0 Å². The molecule has 1 saturated carbocycles. The van der Waals surface area contributed by atoms with Crippen LogP contribution in [0.2, 0.25) is 0 Å². The third kappa shape index (κ3) is 3.72. The van der Waals surface area contributed by atoms with Crippen molar-refractivity contribution in [3.63, 3.8) is 0 Å². The summed E-state index contributed by atoms with van der Waals surface area (Å²) in [5.41, 5.74) is 3.60. The molecule has 0 heterocycles. The van der Waals surface area contributed by atoms with Crippen molar-refractivity contribution < 1.29 is 8.42 Å². The van der Waals surface area contributed by atoms with Gasteiger partial charge in [-0.15, -0.1) is 0 Å². The van der Waals surface area contributed by atoms with Gasteiger partial charge in [0.25, 0.3) is 0 Å². The van der Waals surface area contributed by atoms with Gasteiger partial charge >= 0.3 is 0 Å². The largest absolute Gasteiger partial charge is 0.382 e. The summed E-state index contributed by atoms with van der Waals surface area (Å²) in [6, 6.07) is 6.61. The van der Waals surface area contributed by atoms with Gasteiger partial charge in [-0.3, -0.25) is 0 Å². The van der Waals surface area contributed by atoms with Gasteiger partial charge in [-0.2, -0.15) is 0 Å². The standard InChI is InChI=1S/C15H23NO2S/c1-11-7-8-15(12(2)9-11)16-13-5-4-6-14(10-13)19(3,17)18/h7-9,13-14,16H,4-6,10H2,1-3H3. The minimum absolute atomic E-state index is 0.176. The van der Waals surface area contributed by atoms with Gasteiger partial charge < -0.3 is 5.32 Å². The maximum atomic E-state index is 11.7. The van der Waals surface area contributed by atoms with Crippen molar-refractivity contribution in [3.05, 3.63) is 29.3 Å². The lowest BCUT2D eigenvalue weighted by Gasteiger charge is -2.30. The van der Waals surface area contributed by atoms with Gasteiger partial charge in [-0.05, 0) is 44.7 Å². The monoisotopic (exact) mass is 281 g/mol. The lowest BCUT2D eigenvalue weighted by Crippen LogP contribution is -2.34. The number of aryl methyl sites for hydroxylation is 2. The molecule has 4 heteroatoms. The summed E-state index contributed by atoms with van der Waals surface area (Å²) in [5.74, 6) is 0. The van der Waals surface area contributed by atoms with E-state index in [1.165, 1.54) is 17.4 Å². The van der Waals surface area contributed by atoms with Crippen molar-refractivity contribution in [2.24, 2.45) is 0 Å². The molecule has 0 aliphatic heterocycles. The lowest BCUT2D eigenvalue weighted by molar-refractivity contribution is 0.453. The predicted molar refractivity (Wildman–Crippen MR) is 80.4 cm³/mol. The van der Waals surface area contributed by atoms with Gasteiger partial charge in [0.15, 0.2) is 0 Å². The van der Waals surface area contributed by atoms with Gasteiger partial charge in [0, 0.05) is 18.0 Å². The topological polar surface area (TPSA) is 46.2 Å². The number of rotatable bonds is 3. The Kier molecular flexibility index (Phi) is 4.19. The van der Waals surface area contributed by atoms with Crippen molar-refractivity contribution in [3.8, 4) is 0 Å². The quantitative estimate of drug-likeness (QED) is 0.926. The fourth-order valence-electron chi connectivity index (χ4n) is 2.86. The Bertz CT molecular complexity index is 551. The Morgan fingerprint density at radius 3 is 2.58 bits per heavy atom. The van der Waals surface area contributed by atoms with E-state index in [0.29, 0.717) is 0 Å². The molecule has 0 saturated heterocycles. The second-order valence-electron chi connectivity index (χ2n) is 5.78. The molecule has 2 atom stereocenters. The van der Waals surface area contributed by atoms with Crippen molar-refractivity contribution in [2.45, 2.75) is 50.8 Å². The summed E-state index contributed by atoms with van der Waals surface area (Å²) in [7, 11) is -2.91. The van der Waals surface area contributed by atoms with Crippen molar-refractivity contribution in [2.75, 3.05) is 11.6 Å². The fourth-order valence-corrected chi connectivity index (χ4v) is 4.04. The predicted octanol–water partition coefficient (Wildman–Crippen LogP) is 3.07. The van der Waals surface area contributed by atoms with E-state index in [1.807, 2.05) is 0 Å². The van der Waals surface area contributed by atoms with Gasteiger partial charge in [0.1, 0.15) is 9.84 Å². The van der Waals surface area contributed by atoms with E-state index in [9.17, 15) is 8.42 Å². The van der Waals surface area contributed by atoms with Gasteiger partial charge in [0.2, 0.25) is 0 Å². The van der Waals surface area contributed by atoms with Crippen LogP contribution >= 0.6 is 0 Å². The molecule has 1 N–H and O–H groups in total. The molecule has 0 amide bonds. The lowest BCUT2D eigenvalue weighted by atomic mass is 9.94. The molecule has 2 rings (SSSR count). The molecule has 1 aromatic carbocycles. The number of hydrogen-bond donors (Lipinski definition) is 1. The number of sulfone groups is 1. The summed E-state index contributed by atoms with van der Waals surface area (Å²) in [4.78, 5) is 0. The summed E-state index contributed by atoms with van der Waals surface area (Å²) < 4.78 is 23.3. The van der Waals surface area contributed by atoms with Crippen LogP contribution in [-0.4, -0.2) is 26.0 Å². The Labute approximate surface area is 116 Å². The molecular weight excluding hydrogens is 258 g/mol. The van der Waals surface area contributed by atoms with E-state index in [2.05, 4.69) is 37.4 Å². The highest BCUT2D eigenvalue weighted by Crippen LogP contribution is 2.27. The van der Waals surface area contributed by atoms with Crippen LogP contribution in [0.15, 0.2) is 18.2 Å². The second kappa shape index (κ2) is 5.53. The van der Waals surface area contributed by atoms with Crippen molar-refractivity contribution in [1.29, 1.82) is 0 Å². The fraction of sp³-hybridized carbons (Fsp3) is 0.600. The van der Waals surface area contributed by atoms with Crippen LogP contribution in [0.3, 0.4) is 0 Å². The second-order valence-corrected chi connectivity index (χ2v) is 8.10. The molecule has 0 radical (unpaired) electrons. The maximum absolute atomic E-state index is 11.7. The third-order valence-electron chi connectivity index (χ3n) is 3.97. The highest BCUT2D eigenvalue weighted by molar-refractivity contribution is 7.91. The molecule has 1 aliphatic carbocycles. The first-order chi connectivity index (χ1) is 8.86. The molecule has 0 spiro atoms. The zero-order valence-electron chi connectivity index (χ0n) is 11.9. The van der Waals surface area contributed by atoms with Crippen LogP contribution in [0.4, 0.5) is 5.69 Å². The third-order valence-corrected chi connectivity index (χ3v) is 5.61. The molecule has 106 valence electrons. The highest BCUT2D eigenvalue weighted by Gasteiger charge is 2.28. The molecule has 2 unspecified atom stereocenters. The summed E-state index contributed by atoms with van der Waals surface area (Å²) >= 11 is 0. The van der Waals surface area contributed by atoms with Gasteiger partial charge in [-0.1, -0.05) is 24.1 Å². The van der Waals surface area contributed by atoms with Crippen LogP contribution in [-0.2, 0) is 9.84 Å². The summed E-state index contributed by atoms with van der Waals surface area (Å²) in [6.45, 7) is 4.17. The minimum atomic E-state index is -2.91. The minimum Gasteiger partial charge on any atom is -0.382 e. The molecule has 0 bridgehead atoms. The summed E-state index contributed by atoms with van der Waals surface area (Å²) in [5, 5.41) is 3.34. The Morgan fingerprint density at radius 1 is 1.21 bits per heavy atom. The van der Waals surface area contributed by atoms with Crippen molar-refractivity contribution in [1.82, 2.24) is 0 Å². The van der Waals surface area contributed by atoms with E-state index in [-0.39, 0.29) is 11.3 Å². The van der Waals surface area contributed by atoms with E-state index < -0.39 is 9.84 Å². The smallest absolute Gasteiger partial charge is 0.150 e. The normalized spacial score (nSPS) is 24.2. The molecule has 3 nitrogen and oxygen atoms in total. The highest BCUT2D eigenvalue weighted by atomic mass is 32.2. The Morgan fingerprint density at radius 2 is 1.95 bits per heavy atom. The number of benzene rings is 1. The zero-order chi connectivity index (χ0) is 14.0. The first-order valence-corrected chi connectivity index (χ1v) is 8.84. The molecule has 19 heavy (non-hydrogen) atoms. The van der Waals surface area contributed by atoms with Crippen LogP contribution in [0.1, 0.15) is 36.8 Å². The number of anilines is 1. The summed E-state index contributed by atoms with van der Waals surface area (Å²) in [6.07, 6.45) is 4.94. The molecule has 1 aromatic rings. The first-order valence-electron chi connectivity index (χ1n) is 6.89. The average Bonchev–Trinajstić information content (AvgIpc) is 2.32. The molecule has 1 fully saturated rings. The molecule has 0 aromatic heterocycles. The first kappa shape index (κ1) is 14.4. The average molecular weight is 281 g/mol. The zero-order valence-corrected chi connectivity index (χ0v) is 12.8. The van der Waals surface area contributed by atoms with E-state index >= 15 is 0 Å². The molecule has 1 aliphatic rings. The van der Waals surface area contributed by atoms with Crippen molar-refractivity contribution >= 4 is 15.5 Å². The van der Waals surface area contributed by atoms with Crippen LogP contribution in [0.5, 0.6) is 0 Å². The number of hydrogen-bond acceptors (Lipinski definition) is 3. The van der Waals surface area contributed by atoms with E-state index in [4.69, 9.17) is 0 Å². The number of nitrogens with one attached hydrogen (secondary N) is 1. The van der Waals surface area contributed by atoms with E-state index in [0.717, 1.165) is 31.4 Å². The van der Waals surface area contributed by atoms with Crippen LogP contribution in [0, 0.1) is 13.8 Å². The van der Waals surface area contributed by atoms with Crippen LogP contribution < -0.4 is 5.32 Å².